The lowest BCUT2D eigenvalue weighted by atomic mass is 10.1. The number of carbonyl (C=O) groups excluding carboxylic acids is 2. The summed E-state index contributed by atoms with van der Waals surface area (Å²) in [5.41, 5.74) is 1.37. The van der Waals surface area contributed by atoms with Gasteiger partial charge in [0, 0.05) is 17.3 Å². The average Bonchev–Trinajstić information content (AvgIpc) is 2.94. The van der Waals surface area contributed by atoms with Crippen molar-refractivity contribution < 1.29 is 14.3 Å². The first-order valence-corrected chi connectivity index (χ1v) is 7.97. The van der Waals surface area contributed by atoms with Crippen LogP contribution in [0.15, 0.2) is 24.3 Å². The molecule has 0 saturated carbocycles. The molecule has 1 N–H and O–H groups in total. The lowest BCUT2D eigenvalue weighted by molar-refractivity contribution is 0.0938. The highest BCUT2D eigenvalue weighted by molar-refractivity contribution is 5.95. The number of cyclic esters (lactones) is 1. The summed E-state index contributed by atoms with van der Waals surface area (Å²) in [5, 5.41) is 3.01. The summed E-state index contributed by atoms with van der Waals surface area (Å²) in [6.45, 7) is 5.16. The second-order valence-corrected chi connectivity index (χ2v) is 5.68. The van der Waals surface area contributed by atoms with Crippen molar-refractivity contribution in [1.29, 1.82) is 0 Å². The van der Waals surface area contributed by atoms with Gasteiger partial charge < -0.3 is 10.1 Å². The number of nitrogens with zero attached hydrogens (tertiary/aromatic N) is 1. The number of hydrogen-bond donors (Lipinski definition) is 1. The van der Waals surface area contributed by atoms with Gasteiger partial charge in [-0.05, 0) is 37.6 Å². The van der Waals surface area contributed by atoms with Gasteiger partial charge in [-0.2, -0.15) is 0 Å². The van der Waals surface area contributed by atoms with Crippen molar-refractivity contribution in [1.82, 2.24) is 5.32 Å². The monoisotopic (exact) mass is 304 g/mol. The molecule has 0 bridgehead atoms. The quantitative estimate of drug-likeness (QED) is 0.786. The summed E-state index contributed by atoms with van der Waals surface area (Å²) < 4.78 is 4.90. The zero-order valence-corrected chi connectivity index (χ0v) is 13.3. The number of nitrogens with one attached hydrogen (secondary N) is 1. The average molecular weight is 304 g/mol. The van der Waals surface area contributed by atoms with Crippen molar-refractivity contribution in [2.75, 3.05) is 18.1 Å². The molecule has 1 aromatic rings. The van der Waals surface area contributed by atoms with Crippen molar-refractivity contribution in [3.8, 4) is 0 Å². The first-order chi connectivity index (χ1) is 10.6. The Hall–Kier alpha value is -2.04. The summed E-state index contributed by atoms with van der Waals surface area (Å²) >= 11 is 0. The van der Waals surface area contributed by atoms with E-state index in [0.717, 1.165) is 18.5 Å². The summed E-state index contributed by atoms with van der Waals surface area (Å²) in [7, 11) is 0. The number of carbonyl (C=O) groups is 2. The molecule has 22 heavy (non-hydrogen) atoms. The van der Waals surface area contributed by atoms with E-state index in [1.807, 2.05) is 6.92 Å². The Bertz CT molecular complexity index is 513. The number of unbranched alkanes of at least 4 members (excludes halogenated alkanes) is 2. The van der Waals surface area contributed by atoms with E-state index < -0.39 is 0 Å². The van der Waals surface area contributed by atoms with Crippen molar-refractivity contribution in [3.05, 3.63) is 29.8 Å². The van der Waals surface area contributed by atoms with E-state index in [4.69, 9.17) is 4.74 Å². The predicted molar refractivity (Wildman–Crippen MR) is 86.2 cm³/mol. The number of ether oxygens (including phenoxy) is 1. The molecule has 5 nitrogen and oxygen atoms in total. The van der Waals surface area contributed by atoms with Crippen molar-refractivity contribution in [2.24, 2.45) is 0 Å². The number of hydrogen-bond acceptors (Lipinski definition) is 3. The first kappa shape index (κ1) is 16.3. The minimum Gasteiger partial charge on any atom is -0.447 e. The van der Waals surface area contributed by atoms with Crippen molar-refractivity contribution in [2.45, 2.75) is 45.6 Å². The Balaban J connectivity index is 1.89. The van der Waals surface area contributed by atoms with Crippen molar-refractivity contribution in [3.63, 3.8) is 0 Å². The molecule has 0 aromatic heterocycles. The third-order valence-corrected chi connectivity index (χ3v) is 3.82. The smallest absolute Gasteiger partial charge is 0.414 e. The molecule has 1 saturated heterocycles. The van der Waals surface area contributed by atoms with Crippen molar-refractivity contribution >= 4 is 17.7 Å². The van der Waals surface area contributed by atoms with Crippen LogP contribution >= 0.6 is 0 Å². The number of anilines is 1. The fraction of sp³-hybridized carbons (Fsp3) is 0.529. The zero-order valence-electron chi connectivity index (χ0n) is 13.3. The summed E-state index contributed by atoms with van der Waals surface area (Å²) in [5.74, 6) is -0.0699. The molecule has 0 aliphatic carbocycles. The maximum atomic E-state index is 12.2. The summed E-state index contributed by atoms with van der Waals surface area (Å²) in [6.07, 6.45) is 4.18. The van der Waals surface area contributed by atoms with E-state index in [2.05, 4.69) is 12.2 Å². The fourth-order valence-electron chi connectivity index (χ4n) is 2.50. The molecule has 1 aliphatic rings. The van der Waals surface area contributed by atoms with E-state index in [1.54, 1.807) is 29.2 Å². The molecule has 0 spiro atoms. The highest BCUT2D eigenvalue weighted by Gasteiger charge is 2.23. The van der Waals surface area contributed by atoms with Gasteiger partial charge in [-0.1, -0.05) is 26.2 Å². The van der Waals surface area contributed by atoms with Crippen LogP contribution in [0.25, 0.3) is 0 Å². The number of benzene rings is 1. The second kappa shape index (κ2) is 7.82. The van der Waals surface area contributed by atoms with Crippen LogP contribution < -0.4 is 10.2 Å². The third-order valence-electron chi connectivity index (χ3n) is 3.82. The van der Waals surface area contributed by atoms with Gasteiger partial charge >= 0.3 is 6.09 Å². The molecule has 1 heterocycles. The van der Waals surface area contributed by atoms with Crippen LogP contribution in [0.2, 0.25) is 0 Å². The minimum atomic E-state index is -0.332. The first-order valence-electron chi connectivity index (χ1n) is 7.97. The second-order valence-electron chi connectivity index (χ2n) is 5.68. The molecule has 2 rings (SSSR count). The molecule has 1 aliphatic heterocycles. The van der Waals surface area contributed by atoms with Crippen LogP contribution in [0.3, 0.4) is 0 Å². The molecule has 1 aromatic carbocycles. The largest absolute Gasteiger partial charge is 0.447 e. The van der Waals surface area contributed by atoms with E-state index in [9.17, 15) is 9.59 Å². The molecule has 1 fully saturated rings. The van der Waals surface area contributed by atoms with Crippen LogP contribution in [-0.4, -0.2) is 31.2 Å². The van der Waals surface area contributed by atoms with Gasteiger partial charge in [-0.25, -0.2) is 4.79 Å². The SMILES string of the molecule is CCCCCC(C)NC(=O)c1ccc(N2CCOC2=O)cc1. The van der Waals surface area contributed by atoms with Gasteiger partial charge in [0.2, 0.25) is 0 Å². The molecule has 1 unspecified atom stereocenters. The topological polar surface area (TPSA) is 58.6 Å². The highest BCUT2D eigenvalue weighted by Crippen LogP contribution is 2.19. The molecule has 1 atom stereocenters. The Labute approximate surface area is 131 Å². The normalized spacial score (nSPS) is 15.5. The molecule has 5 heteroatoms. The number of rotatable bonds is 7. The van der Waals surface area contributed by atoms with Crippen LogP contribution in [0.4, 0.5) is 10.5 Å². The molecule has 2 amide bonds. The van der Waals surface area contributed by atoms with Gasteiger partial charge in [-0.3, -0.25) is 9.69 Å². The summed E-state index contributed by atoms with van der Waals surface area (Å²) in [6, 6.07) is 7.23. The van der Waals surface area contributed by atoms with E-state index in [1.165, 1.54) is 12.8 Å². The predicted octanol–water partition coefficient (Wildman–Crippen LogP) is 3.34. The van der Waals surface area contributed by atoms with Crippen LogP contribution in [0.1, 0.15) is 49.9 Å². The zero-order chi connectivity index (χ0) is 15.9. The fourth-order valence-corrected chi connectivity index (χ4v) is 2.50. The molecular weight excluding hydrogens is 280 g/mol. The Kier molecular flexibility index (Phi) is 5.81. The van der Waals surface area contributed by atoms with Gasteiger partial charge in [0.05, 0.1) is 6.54 Å². The summed E-state index contributed by atoms with van der Waals surface area (Å²) in [4.78, 5) is 25.2. The maximum absolute atomic E-state index is 12.2. The Morgan fingerprint density at radius 3 is 2.64 bits per heavy atom. The van der Waals surface area contributed by atoms with Gasteiger partial charge in [-0.15, -0.1) is 0 Å². The Morgan fingerprint density at radius 1 is 1.32 bits per heavy atom. The van der Waals surface area contributed by atoms with Crippen LogP contribution in [0.5, 0.6) is 0 Å². The lowest BCUT2D eigenvalue weighted by Gasteiger charge is -2.15. The van der Waals surface area contributed by atoms with Gasteiger partial charge in [0.1, 0.15) is 6.61 Å². The Morgan fingerprint density at radius 2 is 2.05 bits per heavy atom. The van der Waals surface area contributed by atoms with E-state index in [0.29, 0.717) is 18.7 Å². The van der Waals surface area contributed by atoms with Gasteiger partial charge in [0.25, 0.3) is 5.91 Å². The van der Waals surface area contributed by atoms with Gasteiger partial charge in [0.15, 0.2) is 0 Å². The van der Waals surface area contributed by atoms with Crippen LogP contribution in [0, 0.1) is 0 Å². The highest BCUT2D eigenvalue weighted by atomic mass is 16.6. The lowest BCUT2D eigenvalue weighted by Crippen LogP contribution is -2.32. The third kappa shape index (κ3) is 4.23. The molecular formula is C17H24N2O3. The van der Waals surface area contributed by atoms with E-state index in [-0.39, 0.29) is 18.0 Å². The maximum Gasteiger partial charge on any atom is 0.414 e. The minimum absolute atomic E-state index is 0.0699. The van der Waals surface area contributed by atoms with E-state index >= 15 is 0 Å². The standard InChI is InChI=1S/C17H24N2O3/c1-3-4-5-6-13(2)18-16(20)14-7-9-15(10-8-14)19-11-12-22-17(19)21/h7-10,13H,3-6,11-12H2,1-2H3,(H,18,20). The number of amides is 2. The molecule has 0 radical (unpaired) electrons. The van der Waals surface area contributed by atoms with Crippen LogP contribution in [-0.2, 0) is 4.74 Å². The molecule has 120 valence electrons.